The van der Waals surface area contributed by atoms with Crippen molar-refractivity contribution in [3.8, 4) is 11.8 Å². The molecular formula is C19H20N2O3. The van der Waals surface area contributed by atoms with Gasteiger partial charge in [-0.15, -0.1) is 0 Å². The van der Waals surface area contributed by atoms with Gasteiger partial charge in [0.05, 0.1) is 24.3 Å². The molecule has 124 valence electrons. The first-order valence-corrected chi connectivity index (χ1v) is 7.83. The van der Waals surface area contributed by atoms with Crippen LogP contribution in [0, 0.1) is 11.3 Å². The molecule has 1 aliphatic heterocycles. The lowest BCUT2D eigenvalue weighted by Gasteiger charge is -2.42. The van der Waals surface area contributed by atoms with E-state index in [1.165, 1.54) is 0 Å². The van der Waals surface area contributed by atoms with Crippen molar-refractivity contribution in [2.45, 2.75) is 38.2 Å². The smallest absolute Gasteiger partial charge is 0.131 e. The number of benzene rings is 2. The molecule has 2 aromatic carbocycles. The fourth-order valence-corrected chi connectivity index (χ4v) is 2.79. The normalized spacial score (nSPS) is 21.4. The molecule has 0 bridgehead atoms. The van der Waals surface area contributed by atoms with E-state index in [0.717, 1.165) is 5.56 Å². The molecule has 1 heterocycles. The number of nitrogens with one attached hydrogen (secondary N) is 1. The van der Waals surface area contributed by atoms with Gasteiger partial charge in [-0.25, -0.2) is 0 Å². The zero-order valence-corrected chi connectivity index (χ0v) is 13.7. The van der Waals surface area contributed by atoms with Crippen molar-refractivity contribution in [2.24, 2.45) is 0 Å². The van der Waals surface area contributed by atoms with Gasteiger partial charge in [-0.1, -0.05) is 30.3 Å². The van der Waals surface area contributed by atoms with E-state index in [9.17, 15) is 5.11 Å². The van der Waals surface area contributed by atoms with Gasteiger partial charge in [-0.3, -0.25) is 4.84 Å². The van der Waals surface area contributed by atoms with Crippen LogP contribution >= 0.6 is 0 Å². The van der Waals surface area contributed by atoms with Gasteiger partial charge < -0.3 is 9.84 Å². The van der Waals surface area contributed by atoms with Crippen molar-refractivity contribution < 1.29 is 14.7 Å². The van der Waals surface area contributed by atoms with Gasteiger partial charge in [0.15, 0.2) is 0 Å². The number of fused-ring (bicyclic) bond motifs is 1. The van der Waals surface area contributed by atoms with Crippen LogP contribution in [0.4, 0.5) is 0 Å². The highest BCUT2D eigenvalue weighted by atomic mass is 16.6. The molecule has 0 aliphatic carbocycles. The van der Waals surface area contributed by atoms with Gasteiger partial charge in [0, 0.05) is 5.56 Å². The first kappa shape index (κ1) is 16.5. The number of ether oxygens (including phenoxy) is 1. The quantitative estimate of drug-likeness (QED) is 0.846. The maximum Gasteiger partial charge on any atom is 0.131 e. The third kappa shape index (κ3) is 3.26. The number of nitriles is 1. The maximum absolute atomic E-state index is 10.7. The van der Waals surface area contributed by atoms with E-state index in [1.54, 1.807) is 18.2 Å². The van der Waals surface area contributed by atoms with Crippen LogP contribution in [0.5, 0.6) is 5.75 Å². The van der Waals surface area contributed by atoms with Crippen LogP contribution in [-0.4, -0.2) is 16.8 Å². The predicted octanol–water partition coefficient (Wildman–Crippen LogP) is 2.85. The Hall–Kier alpha value is -2.39. The summed E-state index contributed by atoms with van der Waals surface area (Å²) >= 11 is 0. The first-order chi connectivity index (χ1) is 11.5. The standard InChI is InChI=1S/C19H20N2O3/c1-19(2)18(22)17(21-23-12-13-6-4-3-5-7-13)15-10-14(11-20)8-9-16(15)24-19/h3-10,17-18,21-22H,12H2,1-2H3/t17-,18+/m0/s1. The summed E-state index contributed by atoms with van der Waals surface area (Å²) in [6, 6.07) is 16.6. The number of hydroxylamine groups is 1. The third-order valence-corrected chi connectivity index (χ3v) is 4.17. The monoisotopic (exact) mass is 324 g/mol. The van der Waals surface area contributed by atoms with Crippen LogP contribution < -0.4 is 10.2 Å². The highest BCUT2D eigenvalue weighted by Gasteiger charge is 2.43. The molecule has 2 N–H and O–H groups in total. The van der Waals surface area contributed by atoms with Crippen LogP contribution in [0.1, 0.15) is 36.6 Å². The van der Waals surface area contributed by atoms with Gasteiger partial charge in [-0.05, 0) is 37.6 Å². The minimum Gasteiger partial charge on any atom is -0.485 e. The molecule has 0 radical (unpaired) electrons. The number of nitrogens with zero attached hydrogens (tertiary/aromatic N) is 1. The Bertz CT molecular complexity index is 753. The molecule has 0 unspecified atom stereocenters. The van der Waals surface area contributed by atoms with Crippen LogP contribution in [0.3, 0.4) is 0 Å². The van der Waals surface area contributed by atoms with Gasteiger partial charge in [-0.2, -0.15) is 10.7 Å². The Labute approximate surface area is 141 Å². The summed E-state index contributed by atoms with van der Waals surface area (Å²) in [7, 11) is 0. The average molecular weight is 324 g/mol. The lowest BCUT2D eigenvalue weighted by molar-refractivity contribution is -0.108. The molecule has 0 aromatic heterocycles. The van der Waals surface area contributed by atoms with Crippen LogP contribution in [0.25, 0.3) is 0 Å². The highest BCUT2D eigenvalue weighted by Crippen LogP contribution is 2.40. The summed E-state index contributed by atoms with van der Waals surface area (Å²) in [5, 5.41) is 19.8. The second kappa shape index (κ2) is 6.62. The minimum absolute atomic E-state index is 0.374. The van der Waals surface area contributed by atoms with E-state index in [4.69, 9.17) is 14.8 Å². The van der Waals surface area contributed by atoms with E-state index in [0.29, 0.717) is 23.5 Å². The second-order valence-electron chi connectivity index (χ2n) is 6.38. The van der Waals surface area contributed by atoms with E-state index in [-0.39, 0.29) is 0 Å². The summed E-state index contributed by atoms with van der Waals surface area (Å²) in [5.41, 5.74) is 4.43. The molecule has 5 heteroatoms. The molecule has 2 atom stereocenters. The molecule has 1 aliphatic rings. The van der Waals surface area contributed by atoms with E-state index < -0.39 is 17.7 Å². The van der Waals surface area contributed by atoms with Crippen molar-refractivity contribution in [3.05, 3.63) is 65.2 Å². The molecule has 3 rings (SSSR count). The van der Waals surface area contributed by atoms with Crippen molar-refractivity contribution >= 4 is 0 Å². The molecule has 2 aromatic rings. The Morgan fingerprint density at radius 2 is 2.00 bits per heavy atom. The Morgan fingerprint density at radius 1 is 1.25 bits per heavy atom. The number of hydrogen-bond donors (Lipinski definition) is 2. The Kier molecular flexibility index (Phi) is 4.54. The van der Waals surface area contributed by atoms with E-state index >= 15 is 0 Å². The lowest BCUT2D eigenvalue weighted by Crippen LogP contribution is -2.52. The van der Waals surface area contributed by atoms with Gasteiger partial charge >= 0.3 is 0 Å². The SMILES string of the molecule is CC1(C)Oc2ccc(C#N)cc2[C@H](NOCc2ccccc2)[C@H]1O. The summed E-state index contributed by atoms with van der Waals surface area (Å²) in [6.07, 6.45) is -0.824. The summed E-state index contributed by atoms with van der Waals surface area (Å²) in [4.78, 5) is 5.60. The topological polar surface area (TPSA) is 74.5 Å². The molecule has 0 fully saturated rings. The fourth-order valence-electron chi connectivity index (χ4n) is 2.79. The van der Waals surface area contributed by atoms with Crippen LogP contribution in [0.15, 0.2) is 48.5 Å². The predicted molar refractivity (Wildman–Crippen MR) is 89.0 cm³/mol. The van der Waals surface area contributed by atoms with E-state index in [2.05, 4.69) is 11.5 Å². The number of hydrogen-bond acceptors (Lipinski definition) is 5. The summed E-state index contributed by atoms with van der Waals surface area (Å²) in [6.45, 7) is 4.02. The zero-order valence-electron chi connectivity index (χ0n) is 13.7. The summed E-state index contributed by atoms with van der Waals surface area (Å²) < 4.78 is 5.87. The Balaban J connectivity index is 1.81. The van der Waals surface area contributed by atoms with Gasteiger partial charge in [0.25, 0.3) is 0 Å². The molecule has 5 nitrogen and oxygen atoms in total. The third-order valence-electron chi connectivity index (χ3n) is 4.17. The van der Waals surface area contributed by atoms with Crippen LogP contribution in [0.2, 0.25) is 0 Å². The van der Waals surface area contributed by atoms with Crippen molar-refractivity contribution in [3.63, 3.8) is 0 Å². The molecule has 0 spiro atoms. The number of aliphatic hydroxyl groups is 1. The van der Waals surface area contributed by atoms with Gasteiger partial charge in [0.2, 0.25) is 0 Å². The number of aliphatic hydroxyl groups excluding tert-OH is 1. The molecule has 0 saturated carbocycles. The molecular weight excluding hydrogens is 304 g/mol. The first-order valence-electron chi connectivity index (χ1n) is 7.83. The molecule has 0 amide bonds. The van der Waals surface area contributed by atoms with E-state index in [1.807, 2.05) is 44.2 Å². The van der Waals surface area contributed by atoms with Crippen molar-refractivity contribution in [2.75, 3.05) is 0 Å². The highest BCUT2D eigenvalue weighted by molar-refractivity contribution is 5.46. The second-order valence-corrected chi connectivity index (χ2v) is 6.38. The van der Waals surface area contributed by atoms with Crippen molar-refractivity contribution in [1.29, 1.82) is 5.26 Å². The molecule has 24 heavy (non-hydrogen) atoms. The fraction of sp³-hybridized carbons (Fsp3) is 0.316. The van der Waals surface area contributed by atoms with Crippen LogP contribution in [-0.2, 0) is 11.4 Å². The lowest BCUT2D eigenvalue weighted by atomic mass is 9.86. The summed E-state index contributed by atoms with van der Waals surface area (Å²) in [5.74, 6) is 0.644. The minimum atomic E-state index is -0.824. The van der Waals surface area contributed by atoms with Crippen molar-refractivity contribution in [1.82, 2.24) is 5.48 Å². The number of rotatable bonds is 4. The zero-order chi connectivity index (χ0) is 17.2. The Morgan fingerprint density at radius 3 is 2.71 bits per heavy atom. The maximum atomic E-state index is 10.7. The average Bonchev–Trinajstić information content (AvgIpc) is 2.58. The largest absolute Gasteiger partial charge is 0.485 e. The van der Waals surface area contributed by atoms with Gasteiger partial charge in [0.1, 0.15) is 17.5 Å². The molecule has 0 saturated heterocycles.